The molecule has 0 spiro atoms. The number of carbonyl (C=O) groups excluding carboxylic acids is 1. The van der Waals surface area contributed by atoms with Crippen LogP contribution in [0.2, 0.25) is 0 Å². The van der Waals surface area contributed by atoms with Gasteiger partial charge in [-0.3, -0.25) is 4.79 Å². The third kappa shape index (κ3) is 4.07. The molecular formula is C17H19NO3. The second-order valence-electron chi connectivity index (χ2n) is 4.71. The zero-order valence-electron chi connectivity index (χ0n) is 12.2. The minimum Gasteiger partial charge on any atom is -0.494 e. The molecule has 2 aromatic carbocycles. The predicted molar refractivity (Wildman–Crippen MR) is 82.6 cm³/mol. The van der Waals surface area contributed by atoms with E-state index in [-0.39, 0.29) is 5.91 Å². The highest BCUT2D eigenvalue weighted by molar-refractivity contribution is 6.04. The van der Waals surface area contributed by atoms with Crippen LogP contribution in [0.3, 0.4) is 0 Å². The second-order valence-corrected chi connectivity index (χ2v) is 4.71. The standard InChI is InChI=1S/C17H19NO3/c1-3-21-16-10-6-14(7-11-16)17(20)18-15-8-4-13(5-9-15)12(2)19/h4-12,19H,3H2,1-2H3,(H,18,20). The lowest BCUT2D eigenvalue weighted by molar-refractivity contribution is 0.102. The molecule has 2 N–H and O–H groups in total. The number of carbonyl (C=O) groups is 1. The van der Waals surface area contributed by atoms with E-state index in [0.717, 1.165) is 11.3 Å². The summed E-state index contributed by atoms with van der Waals surface area (Å²) in [4.78, 5) is 12.1. The van der Waals surface area contributed by atoms with E-state index in [1.165, 1.54) is 0 Å². The molecule has 0 saturated carbocycles. The third-order valence-electron chi connectivity index (χ3n) is 3.08. The van der Waals surface area contributed by atoms with Gasteiger partial charge in [-0.05, 0) is 55.8 Å². The summed E-state index contributed by atoms with van der Waals surface area (Å²) in [6.07, 6.45) is -0.513. The molecule has 1 unspecified atom stereocenters. The first kappa shape index (κ1) is 15.1. The average Bonchev–Trinajstić information content (AvgIpc) is 2.49. The van der Waals surface area contributed by atoms with Gasteiger partial charge in [0, 0.05) is 11.3 Å². The molecule has 0 aliphatic carbocycles. The summed E-state index contributed by atoms with van der Waals surface area (Å²) in [5, 5.41) is 12.3. The van der Waals surface area contributed by atoms with E-state index < -0.39 is 6.10 Å². The number of nitrogens with one attached hydrogen (secondary N) is 1. The maximum absolute atomic E-state index is 12.1. The van der Waals surface area contributed by atoms with Crippen molar-refractivity contribution in [1.82, 2.24) is 0 Å². The fraction of sp³-hybridized carbons (Fsp3) is 0.235. The molecule has 0 fully saturated rings. The number of rotatable bonds is 5. The van der Waals surface area contributed by atoms with Gasteiger partial charge in [0.05, 0.1) is 12.7 Å². The van der Waals surface area contributed by atoms with Crippen molar-refractivity contribution in [3.05, 3.63) is 59.7 Å². The molecule has 0 bridgehead atoms. The molecule has 0 aromatic heterocycles. The Hall–Kier alpha value is -2.33. The Morgan fingerprint density at radius 3 is 2.29 bits per heavy atom. The number of hydrogen-bond donors (Lipinski definition) is 2. The van der Waals surface area contributed by atoms with Crippen molar-refractivity contribution in [2.45, 2.75) is 20.0 Å². The number of anilines is 1. The van der Waals surface area contributed by atoms with Crippen molar-refractivity contribution in [3.8, 4) is 5.75 Å². The SMILES string of the molecule is CCOc1ccc(C(=O)Nc2ccc(C(C)O)cc2)cc1. The summed E-state index contributed by atoms with van der Waals surface area (Å²) in [6, 6.07) is 14.1. The minimum atomic E-state index is -0.513. The van der Waals surface area contributed by atoms with E-state index in [1.807, 2.05) is 6.92 Å². The van der Waals surface area contributed by atoms with Crippen LogP contribution in [0.1, 0.15) is 35.9 Å². The van der Waals surface area contributed by atoms with Gasteiger partial charge >= 0.3 is 0 Å². The molecule has 0 heterocycles. The minimum absolute atomic E-state index is 0.178. The van der Waals surface area contributed by atoms with Gasteiger partial charge in [-0.1, -0.05) is 12.1 Å². The van der Waals surface area contributed by atoms with Crippen LogP contribution in [0.15, 0.2) is 48.5 Å². The molecule has 2 aromatic rings. The van der Waals surface area contributed by atoms with Crippen molar-refractivity contribution in [2.24, 2.45) is 0 Å². The monoisotopic (exact) mass is 285 g/mol. The molecule has 1 atom stereocenters. The second kappa shape index (κ2) is 6.90. The molecule has 1 amide bonds. The van der Waals surface area contributed by atoms with Crippen molar-refractivity contribution < 1.29 is 14.6 Å². The van der Waals surface area contributed by atoms with Crippen LogP contribution in [-0.2, 0) is 0 Å². The van der Waals surface area contributed by atoms with Crippen molar-refractivity contribution in [3.63, 3.8) is 0 Å². The molecule has 0 radical (unpaired) electrons. The number of aliphatic hydroxyl groups is 1. The van der Waals surface area contributed by atoms with Crippen molar-refractivity contribution in [1.29, 1.82) is 0 Å². The van der Waals surface area contributed by atoms with Crippen LogP contribution in [0.4, 0.5) is 5.69 Å². The largest absolute Gasteiger partial charge is 0.494 e. The molecule has 0 aliphatic heterocycles. The average molecular weight is 285 g/mol. The molecular weight excluding hydrogens is 266 g/mol. The fourth-order valence-corrected chi connectivity index (χ4v) is 1.92. The van der Waals surface area contributed by atoms with Gasteiger partial charge in [-0.15, -0.1) is 0 Å². The van der Waals surface area contributed by atoms with E-state index >= 15 is 0 Å². The molecule has 0 saturated heterocycles. The van der Waals surface area contributed by atoms with Crippen LogP contribution in [0, 0.1) is 0 Å². The third-order valence-corrected chi connectivity index (χ3v) is 3.08. The van der Waals surface area contributed by atoms with E-state index in [0.29, 0.717) is 17.9 Å². The number of hydrogen-bond acceptors (Lipinski definition) is 3. The van der Waals surface area contributed by atoms with E-state index in [1.54, 1.807) is 55.5 Å². The Morgan fingerprint density at radius 2 is 1.76 bits per heavy atom. The first-order valence-corrected chi connectivity index (χ1v) is 6.92. The Balaban J connectivity index is 2.03. The number of amides is 1. The summed E-state index contributed by atoms with van der Waals surface area (Å²) in [7, 11) is 0. The maximum atomic E-state index is 12.1. The van der Waals surface area contributed by atoms with Gasteiger partial charge < -0.3 is 15.2 Å². The Morgan fingerprint density at radius 1 is 1.14 bits per heavy atom. The normalized spacial score (nSPS) is 11.8. The molecule has 0 aliphatic rings. The quantitative estimate of drug-likeness (QED) is 0.885. The maximum Gasteiger partial charge on any atom is 0.255 e. The zero-order valence-corrected chi connectivity index (χ0v) is 12.2. The zero-order chi connectivity index (χ0) is 15.2. The summed E-state index contributed by atoms with van der Waals surface area (Å²) in [6.45, 7) is 4.21. The first-order chi connectivity index (χ1) is 10.1. The number of benzene rings is 2. The van der Waals surface area contributed by atoms with Crippen LogP contribution in [0.25, 0.3) is 0 Å². The van der Waals surface area contributed by atoms with Crippen molar-refractivity contribution >= 4 is 11.6 Å². The summed E-state index contributed by atoms with van der Waals surface area (Å²) < 4.78 is 5.34. The van der Waals surface area contributed by atoms with Gasteiger partial charge in [0.15, 0.2) is 0 Å². The molecule has 110 valence electrons. The lowest BCUT2D eigenvalue weighted by Gasteiger charge is -2.08. The van der Waals surface area contributed by atoms with Gasteiger partial charge in [-0.2, -0.15) is 0 Å². The van der Waals surface area contributed by atoms with Gasteiger partial charge in [0.1, 0.15) is 5.75 Å². The molecule has 4 nitrogen and oxygen atoms in total. The number of ether oxygens (including phenoxy) is 1. The van der Waals surface area contributed by atoms with E-state index in [9.17, 15) is 9.90 Å². The van der Waals surface area contributed by atoms with Crippen LogP contribution in [0.5, 0.6) is 5.75 Å². The van der Waals surface area contributed by atoms with E-state index in [2.05, 4.69) is 5.32 Å². The highest BCUT2D eigenvalue weighted by atomic mass is 16.5. The van der Waals surface area contributed by atoms with Gasteiger partial charge in [0.2, 0.25) is 0 Å². The highest BCUT2D eigenvalue weighted by Gasteiger charge is 2.07. The summed E-state index contributed by atoms with van der Waals surface area (Å²) >= 11 is 0. The summed E-state index contributed by atoms with van der Waals surface area (Å²) in [5.41, 5.74) is 2.07. The Bertz CT molecular complexity index is 588. The van der Waals surface area contributed by atoms with Crippen LogP contribution in [-0.4, -0.2) is 17.6 Å². The molecule has 21 heavy (non-hydrogen) atoms. The molecule has 4 heteroatoms. The predicted octanol–water partition coefficient (Wildman–Crippen LogP) is 3.39. The topological polar surface area (TPSA) is 58.6 Å². The first-order valence-electron chi connectivity index (χ1n) is 6.92. The van der Waals surface area contributed by atoms with Crippen molar-refractivity contribution in [2.75, 3.05) is 11.9 Å². The smallest absolute Gasteiger partial charge is 0.255 e. The fourth-order valence-electron chi connectivity index (χ4n) is 1.92. The highest BCUT2D eigenvalue weighted by Crippen LogP contribution is 2.17. The Kier molecular flexibility index (Phi) is 4.95. The summed E-state index contributed by atoms with van der Waals surface area (Å²) in [5.74, 6) is 0.568. The van der Waals surface area contributed by atoms with Gasteiger partial charge in [0.25, 0.3) is 5.91 Å². The Labute approximate surface area is 124 Å². The van der Waals surface area contributed by atoms with E-state index in [4.69, 9.17) is 4.74 Å². The van der Waals surface area contributed by atoms with Crippen LogP contribution < -0.4 is 10.1 Å². The lowest BCUT2D eigenvalue weighted by Crippen LogP contribution is -2.11. The van der Waals surface area contributed by atoms with Crippen LogP contribution >= 0.6 is 0 Å². The van der Waals surface area contributed by atoms with Gasteiger partial charge in [-0.25, -0.2) is 0 Å². The number of aliphatic hydroxyl groups excluding tert-OH is 1. The molecule has 2 rings (SSSR count). The lowest BCUT2D eigenvalue weighted by atomic mass is 10.1.